The van der Waals surface area contributed by atoms with E-state index in [2.05, 4.69) is 10.3 Å². The molecule has 28 heavy (non-hydrogen) atoms. The van der Waals surface area contributed by atoms with Gasteiger partial charge in [-0.1, -0.05) is 39.0 Å². The Bertz CT molecular complexity index is 1030. The summed E-state index contributed by atoms with van der Waals surface area (Å²) in [5.41, 5.74) is 0.771. The van der Waals surface area contributed by atoms with E-state index in [0.717, 1.165) is 15.8 Å². The summed E-state index contributed by atoms with van der Waals surface area (Å²) in [4.78, 5) is 40.9. The number of benzene rings is 1. The molecule has 0 saturated carbocycles. The number of amides is 1. The highest BCUT2D eigenvalue weighted by molar-refractivity contribution is 7.14. The third-order valence-electron chi connectivity index (χ3n) is 4.18. The summed E-state index contributed by atoms with van der Waals surface area (Å²) in [7, 11) is 0. The van der Waals surface area contributed by atoms with Crippen LogP contribution >= 0.6 is 11.3 Å². The second-order valence-corrected chi connectivity index (χ2v) is 8.61. The number of ether oxygens (including phenoxy) is 1. The maximum absolute atomic E-state index is 12.3. The fraction of sp³-hybridized carbons (Fsp3) is 0.286. The van der Waals surface area contributed by atoms with Gasteiger partial charge in [0.2, 0.25) is 11.7 Å². The summed E-state index contributed by atoms with van der Waals surface area (Å²) < 4.78 is 5.19. The van der Waals surface area contributed by atoms with Crippen molar-refractivity contribution in [2.75, 3.05) is 6.61 Å². The normalized spacial score (nSPS) is 11.4. The highest BCUT2D eigenvalue weighted by atomic mass is 32.1. The van der Waals surface area contributed by atoms with Gasteiger partial charge in [0.1, 0.15) is 0 Å². The summed E-state index contributed by atoms with van der Waals surface area (Å²) in [6.45, 7) is 5.56. The number of esters is 1. The van der Waals surface area contributed by atoms with E-state index in [1.807, 2.05) is 45.0 Å². The zero-order valence-electron chi connectivity index (χ0n) is 16.0. The van der Waals surface area contributed by atoms with Gasteiger partial charge in [-0.05, 0) is 18.2 Å². The molecule has 146 valence electrons. The van der Waals surface area contributed by atoms with E-state index in [1.165, 1.54) is 11.3 Å². The summed E-state index contributed by atoms with van der Waals surface area (Å²) >= 11 is 1.28. The Morgan fingerprint density at radius 2 is 1.86 bits per heavy atom. The Hall–Kier alpha value is -2.93. The van der Waals surface area contributed by atoms with Crippen molar-refractivity contribution < 1.29 is 19.1 Å². The van der Waals surface area contributed by atoms with Crippen molar-refractivity contribution in [3.63, 3.8) is 0 Å². The number of Topliss-reactive ketones (excluding diaryl/α,β-unsaturated/α-hetero) is 1. The predicted octanol–water partition coefficient (Wildman–Crippen LogP) is 3.93. The zero-order chi connectivity index (χ0) is 20.3. The van der Waals surface area contributed by atoms with E-state index < -0.39 is 11.4 Å². The molecule has 2 N–H and O–H groups in total. The van der Waals surface area contributed by atoms with Crippen LogP contribution in [-0.4, -0.2) is 29.3 Å². The number of H-pyrrole nitrogens is 1. The number of aromatic nitrogens is 1. The van der Waals surface area contributed by atoms with Crippen LogP contribution in [0.25, 0.3) is 10.9 Å². The zero-order valence-corrected chi connectivity index (χ0v) is 16.8. The molecule has 2 heterocycles. The van der Waals surface area contributed by atoms with Gasteiger partial charge < -0.3 is 15.0 Å². The van der Waals surface area contributed by atoms with Crippen molar-refractivity contribution in [3.8, 4) is 0 Å². The maximum atomic E-state index is 12.3. The molecular formula is C21H22N2O4S. The van der Waals surface area contributed by atoms with Gasteiger partial charge in [0, 0.05) is 27.4 Å². The molecule has 3 aromatic rings. The Morgan fingerprint density at radius 3 is 2.61 bits per heavy atom. The van der Waals surface area contributed by atoms with Crippen LogP contribution in [-0.2, 0) is 16.1 Å². The molecule has 0 aliphatic carbocycles. The highest BCUT2D eigenvalue weighted by Gasteiger charge is 2.21. The first-order valence-corrected chi connectivity index (χ1v) is 9.71. The lowest BCUT2D eigenvalue weighted by atomic mass is 9.96. The molecule has 0 spiro atoms. The fourth-order valence-electron chi connectivity index (χ4n) is 2.58. The molecule has 3 rings (SSSR count). The van der Waals surface area contributed by atoms with Crippen LogP contribution in [0.1, 0.15) is 45.7 Å². The Kier molecular flexibility index (Phi) is 5.65. The topological polar surface area (TPSA) is 88.3 Å². The monoisotopic (exact) mass is 398 g/mol. The molecule has 0 fully saturated rings. The minimum Gasteiger partial charge on any atom is -0.454 e. The van der Waals surface area contributed by atoms with Crippen molar-refractivity contribution in [1.29, 1.82) is 0 Å². The molecule has 0 atom stereocenters. The number of aromatic amines is 1. The van der Waals surface area contributed by atoms with Gasteiger partial charge >= 0.3 is 5.97 Å². The van der Waals surface area contributed by atoms with Crippen molar-refractivity contribution in [3.05, 3.63) is 57.9 Å². The van der Waals surface area contributed by atoms with Crippen molar-refractivity contribution in [1.82, 2.24) is 10.3 Å². The van der Waals surface area contributed by atoms with E-state index in [9.17, 15) is 14.4 Å². The fourth-order valence-corrected chi connectivity index (χ4v) is 3.45. The average Bonchev–Trinajstić information content (AvgIpc) is 3.30. The first-order chi connectivity index (χ1) is 13.3. The van der Waals surface area contributed by atoms with E-state index >= 15 is 0 Å². The van der Waals surface area contributed by atoms with Crippen molar-refractivity contribution in [2.45, 2.75) is 27.3 Å². The SMILES string of the molecule is CC(C)(C)C(=O)NCc1ccc(C(=O)COC(=O)c2c[nH]c3ccccc23)s1. The van der Waals surface area contributed by atoms with Crippen LogP contribution in [0, 0.1) is 5.41 Å². The number of fused-ring (bicyclic) bond motifs is 1. The lowest BCUT2D eigenvalue weighted by Gasteiger charge is -2.17. The van der Waals surface area contributed by atoms with Gasteiger partial charge in [0.05, 0.1) is 17.0 Å². The average molecular weight is 398 g/mol. The number of carbonyl (C=O) groups is 3. The van der Waals surface area contributed by atoms with Crippen LogP contribution in [0.15, 0.2) is 42.6 Å². The number of hydrogen-bond acceptors (Lipinski definition) is 5. The molecule has 0 saturated heterocycles. The standard InChI is InChI=1S/C21H22N2O4S/c1-21(2,3)20(26)23-10-13-8-9-18(28-13)17(24)12-27-19(25)15-11-22-16-7-5-4-6-14(15)16/h4-9,11,22H,10,12H2,1-3H3,(H,23,26). The molecule has 0 radical (unpaired) electrons. The largest absolute Gasteiger partial charge is 0.454 e. The molecule has 1 amide bonds. The molecule has 6 nitrogen and oxygen atoms in total. The third-order valence-corrected chi connectivity index (χ3v) is 5.31. The number of rotatable bonds is 6. The molecule has 7 heteroatoms. The molecular weight excluding hydrogens is 376 g/mol. The molecule has 0 unspecified atom stereocenters. The van der Waals surface area contributed by atoms with Crippen LogP contribution in [0.4, 0.5) is 0 Å². The Morgan fingerprint density at radius 1 is 1.11 bits per heavy atom. The van der Waals surface area contributed by atoms with Crippen LogP contribution in [0.5, 0.6) is 0 Å². The number of ketones is 1. The van der Waals surface area contributed by atoms with Gasteiger partial charge in [0.25, 0.3) is 0 Å². The van der Waals surface area contributed by atoms with Gasteiger partial charge in [-0.25, -0.2) is 4.79 Å². The molecule has 2 aromatic heterocycles. The summed E-state index contributed by atoms with van der Waals surface area (Å²) in [5, 5.41) is 3.61. The van der Waals surface area contributed by atoms with Gasteiger partial charge in [-0.2, -0.15) is 0 Å². The first-order valence-electron chi connectivity index (χ1n) is 8.89. The lowest BCUT2D eigenvalue weighted by molar-refractivity contribution is -0.128. The number of para-hydroxylation sites is 1. The van der Waals surface area contributed by atoms with E-state index in [4.69, 9.17) is 4.74 Å². The van der Waals surface area contributed by atoms with E-state index in [-0.39, 0.29) is 18.3 Å². The Labute approximate surface area is 166 Å². The molecule has 0 aliphatic heterocycles. The lowest BCUT2D eigenvalue weighted by Crippen LogP contribution is -2.34. The third kappa shape index (κ3) is 4.48. The summed E-state index contributed by atoms with van der Waals surface area (Å²) in [6, 6.07) is 10.9. The van der Waals surface area contributed by atoms with Gasteiger partial charge in [-0.3, -0.25) is 9.59 Å². The van der Waals surface area contributed by atoms with Crippen molar-refractivity contribution >= 4 is 39.9 Å². The first kappa shape index (κ1) is 19.8. The summed E-state index contributed by atoms with van der Waals surface area (Å²) in [5.74, 6) is -0.868. The minimum absolute atomic E-state index is 0.0542. The number of carbonyl (C=O) groups excluding carboxylic acids is 3. The minimum atomic E-state index is -0.542. The van der Waals surface area contributed by atoms with Crippen LogP contribution in [0.3, 0.4) is 0 Å². The van der Waals surface area contributed by atoms with E-state index in [1.54, 1.807) is 18.3 Å². The molecule has 0 aliphatic rings. The van der Waals surface area contributed by atoms with Crippen LogP contribution in [0.2, 0.25) is 0 Å². The smallest absolute Gasteiger partial charge is 0.340 e. The highest BCUT2D eigenvalue weighted by Crippen LogP contribution is 2.20. The quantitative estimate of drug-likeness (QED) is 0.486. The molecule has 0 bridgehead atoms. The summed E-state index contributed by atoms with van der Waals surface area (Å²) in [6.07, 6.45) is 1.58. The predicted molar refractivity (Wildman–Crippen MR) is 109 cm³/mol. The Balaban J connectivity index is 1.56. The van der Waals surface area contributed by atoms with E-state index in [0.29, 0.717) is 17.0 Å². The van der Waals surface area contributed by atoms with Crippen molar-refractivity contribution in [2.24, 2.45) is 5.41 Å². The number of nitrogens with one attached hydrogen (secondary N) is 2. The second kappa shape index (κ2) is 7.98. The molecule has 1 aromatic carbocycles. The number of thiophene rings is 1. The number of hydrogen-bond donors (Lipinski definition) is 2. The van der Waals surface area contributed by atoms with Gasteiger partial charge in [-0.15, -0.1) is 11.3 Å². The van der Waals surface area contributed by atoms with Gasteiger partial charge in [0.15, 0.2) is 6.61 Å². The van der Waals surface area contributed by atoms with Crippen LogP contribution < -0.4 is 5.32 Å². The maximum Gasteiger partial charge on any atom is 0.340 e. The second-order valence-electron chi connectivity index (χ2n) is 7.45.